The Balaban J connectivity index is 2.06. The molecule has 0 N–H and O–H groups in total. The number of hydrogen-bond acceptors (Lipinski definition) is 3. The number of hydrogen-bond donors (Lipinski definition) is 0. The van der Waals surface area contributed by atoms with Gasteiger partial charge in [-0.25, -0.2) is 0 Å². The molecule has 3 nitrogen and oxygen atoms in total. The molecule has 0 fully saturated rings. The summed E-state index contributed by atoms with van der Waals surface area (Å²) in [5, 5.41) is 2.35. The molecular weight excluding hydrogens is 258 g/mol. The summed E-state index contributed by atoms with van der Waals surface area (Å²) < 4.78 is 0. The van der Waals surface area contributed by atoms with E-state index in [1.165, 1.54) is 22.1 Å². The van der Waals surface area contributed by atoms with Crippen LogP contribution in [0.15, 0.2) is 61.2 Å². The molecule has 0 bridgehead atoms. The molecule has 0 aliphatic carbocycles. The van der Waals surface area contributed by atoms with Gasteiger partial charge in [0.25, 0.3) is 0 Å². The molecule has 0 aliphatic heterocycles. The minimum absolute atomic E-state index is 0.921. The lowest BCUT2D eigenvalue weighted by molar-refractivity contribution is 1.28. The van der Waals surface area contributed by atoms with Gasteiger partial charge in [0.1, 0.15) is 0 Å². The largest absolute Gasteiger partial charge is 0.264 e. The van der Waals surface area contributed by atoms with Crippen molar-refractivity contribution in [3.05, 3.63) is 66.7 Å². The van der Waals surface area contributed by atoms with Crippen LogP contribution in [-0.4, -0.2) is 15.0 Å². The molecule has 2 aromatic heterocycles. The second-order valence-electron chi connectivity index (χ2n) is 5.11. The van der Waals surface area contributed by atoms with Crippen molar-refractivity contribution in [2.75, 3.05) is 0 Å². The smallest absolute Gasteiger partial charge is 0.0893 e. The Hall–Kier alpha value is -2.81. The molecular formula is C18H13N3. The van der Waals surface area contributed by atoms with Crippen molar-refractivity contribution < 1.29 is 0 Å². The van der Waals surface area contributed by atoms with E-state index in [1.54, 1.807) is 12.4 Å². The number of pyridine rings is 1. The van der Waals surface area contributed by atoms with Crippen molar-refractivity contribution in [2.24, 2.45) is 0 Å². The van der Waals surface area contributed by atoms with E-state index in [1.807, 2.05) is 12.4 Å². The van der Waals surface area contributed by atoms with Crippen LogP contribution in [0.5, 0.6) is 0 Å². The number of fused-ring (bicyclic) bond motifs is 2. The fraction of sp³-hybridized carbons (Fsp3) is 0.0556. The fourth-order valence-corrected chi connectivity index (χ4v) is 2.76. The van der Waals surface area contributed by atoms with E-state index in [4.69, 9.17) is 0 Å². The Kier molecular flexibility index (Phi) is 2.64. The van der Waals surface area contributed by atoms with Crippen molar-refractivity contribution in [3.8, 4) is 11.1 Å². The number of benzene rings is 2. The predicted octanol–water partition coefficient (Wildman–Crippen LogP) is 4.15. The van der Waals surface area contributed by atoms with Gasteiger partial charge in [-0.1, -0.05) is 18.2 Å². The summed E-state index contributed by atoms with van der Waals surface area (Å²) in [4.78, 5) is 13.0. The van der Waals surface area contributed by atoms with E-state index < -0.39 is 0 Å². The lowest BCUT2D eigenvalue weighted by Crippen LogP contribution is -1.89. The third-order valence-electron chi connectivity index (χ3n) is 3.79. The molecule has 0 saturated carbocycles. The molecule has 4 aromatic rings. The molecule has 0 spiro atoms. The number of rotatable bonds is 1. The zero-order valence-corrected chi connectivity index (χ0v) is 11.6. The zero-order valence-electron chi connectivity index (χ0n) is 11.6. The van der Waals surface area contributed by atoms with Gasteiger partial charge in [-0.15, -0.1) is 0 Å². The highest BCUT2D eigenvalue weighted by Gasteiger charge is 2.08. The van der Waals surface area contributed by atoms with Crippen LogP contribution in [0, 0.1) is 6.92 Å². The normalized spacial score (nSPS) is 11.1. The fourth-order valence-electron chi connectivity index (χ4n) is 2.76. The van der Waals surface area contributed by atoms with Gasteiger partial charge in [0, 0.05) is 30.2 Å². The summed E-state index contributed by atoms with van der Waals surface area (Å²) in [6.07, 6.45) is 7.19. The van der Waals surface area contributed by atoms with Gasteiger partial charge in [-0.05, 0) is 47.2 Å². The molecule has 3 heteroatoms. The SMILES string of the molecule is Cc1cc2nccnc2cc1-c1cccc2cnccc12. The summed E-state index contributed by atoms with van der Waals surface area (Å²) in [6, 6.07) is 12.6. The van der Waals surface area contributed by atoms with Crippen LogP contribution < -0.4 is 0 Å². The molecule has 0 radical (unpaired) electrons. The second-order valence-corrected chi connectivity index (χ2v) is 5.11. The van der Waals surface area contributed by atoms with Crippen molar-refractivity contribution >= 4 is 21.8 Å². The average Bonchev–Trinajstić information content (AvgIpc) is 2.54. The Morgan fingerprint density at radius 3 is 2.48 bits per heavy atom. The Bertz CT molecular complexity index is 955. The first-order chi connectivity index (χ1) is 10.3. The summed E-state index contributed by atoms with van der Waals surface area (Å²) in [5.74, 6) is 0. The van der Waals surface area contributed by atoms with Crippen LogP contribution in [0.3, 0.4) is 0 Å². The van der Waals surface area contributed by atoms with Gasteiger partial charge >= 0.3 is 0 Å². The molecule has 0 aliphatic rings. The second kappa shape index (κ2) is 4.63. The van der Waals surface area contributed by atoms with Crippen molar-refractivity contribution in [1.29, 1.82) is 0 Å². The summed E-state index contributed by atoms with van der Waals surface area (Å²) in [7, 11) is 0. The van der Waals surface area contributed by atoms with Gasteiger partial charge in [0.15, 0.2) is 0 Å². The molecule has 0 atom stereocenters. The zero-order chi connectivity index (χ0) is 14.2. The minimum atomic E-state index is 0.921. The van der Waals surface area contributed by atoms with Gasteiger partial charge in [-0.3, -0.25) is 15.0 Å². The topological polar surface area (TPSA) is 38.7 Å². The first-order valence-corrected chi connectivity index (χ1v) is 6.87. The van der Waals surface area contributed by atoms with E-state index >= 15 is 0 Å². The van der Waals surface area contributed by atoms with Crippen LogP contribution in [0.25, 0.3) is 32.9 Å². The molecule has 100 valence electrons. The van der Waals surface area contributed by atoms with Gasteiger partial charge < -0.3 is 0 Å². The van der Waals surface area contributed by atoms with Crippen LogP contribution in [0.1, 0.15) is 5.56 Å². The summed E-state index contributed by atoms with van der Waals surface area (Å²) >= 11 is 0. The van der Waals surface area contributed by atoms with Crippen LogP contribution in [0.2, 0.25) is 0 Å². The maximum atomic E-state index is 4.41. The van der Waals surface area contributed by atoms with Gasteiger partial charge in [-0.2, -0.15) is 0 Å². The number of aryl methyl sites for hydroxylation is 1. The van der Waals surface area contributed by atoms with Crippen molar-refractivity contribution in [3.63, 3.8) is 0 Å². The maximum Gasteiger partial charge on any atom is 0.0893 e. The number of aromatic nitrogens is 3. The summed E-state index contributed by atoms with van der Waals surface area (Å²) in [6.45, 7) is 2.11. The average molecular weight is 271 g/mol. The van der Waals surface area contributed by atoms with E-state index in [9.17, 15) is 0 Å². The van der Waals surface area contributed by atoms with Crippen molar-refractivity contribution in [1.82, 2.24) is 15.0 Å². The Morgan fingerprint density at radius 1 is 0.810 bits per heavy atom. The maximum absolute atomic E-state index is 4.41. The Morgan fingerprint density at radius 2 is 1.62 bits per heavy atom. The molecule has 2 aromatic carbocycles. The molecule has 0 amide bonds. The molecule has 0 saturated heterocycles. The third-order valence-corrected chi connectivity index (χ3v) is 3.79. The van der Waals surface area contributed by atoms with Crippen LogP contribution >= 0.6 is 0 Å². The van der Waals surface area contributed by atoms with E-state index in [-0.39, 0.29) is 0 Å². The van der Waals surface area contributed by atoms with Gasteiger partial charge in [0.05, 0.1) is 11.0 Å². The van der Waals surface area contributed by atoms with E-state index in [2.05, 4.69) is 58.3 Å². The molecule has 2 heterocycles. The highest BCUT2D eigenvalue weighted by molar-refractivity contribution is 5.98. The standard InChI is InChI=1S/C18H13N3/c1-12-9-17-18(21-8-7-20-17)10-16(12)15-4-2-3-13-11-19-6-5-14(13)15/h2-11H,1H3. The monoisotopic (exact) mass is 271 g/mol. The van der Waals surface area contributed by atoms with Crippen LogP contribution in [-0.2, 0) is 0 Å². The first kappa shape index (κ1) is 12.0. The lowest BCUT2D eigenvalue weighted by Gasteiger charge is -2.10. The first-order valence-electron chi connectivity index (χ1n) is 6.87. The van der Waals surface area contributed by atoms with Crippen LogP contribution in [0.4, 0.5) is 0 Å². The highest BCUT2D eigenvalue weighted by Crippen LogP contribution is 2.32. The summed E-state index contributed by atoms with van der Waals surface area (Å²) in [5.41, 5.74) is 5.46. The minimum Gasteiger partial charge on any atom is -0.264 e. The third kappa shape index (κ3) is 1.94. The molecule has 21 heavy (non-hydrogen) atoms. The Labute approximate surface area is 122 Å². The molecule has 4 rings (SSSR count). The quantitative estimate of drug-likeness (QED) is 0.522. The van der Waals surface area contributed by atoms with Gasteiger partial charge in [0.2, 0.25) is 0 Å². The lowest BCUT2D eigenvalue weighted by atomic mass is 9.95. The molecule has 0 unspecified atom stereocenters. The van der Waals surface area contributed by atoms with E-state index in [0.29, 0.717) is 0 Å². The number of nitrogens with zero attached hydrogens (tertiary/aromatic N) is 3. The van der Waals surface area contributed by atoms with Crippen molar-refractivity contribution in [2.45, 2.75) is 6.92 Å². The van der Waals surface area contributed by atoms with E-state index in [0.717, 1.165) is 16.4 Å². The highest BCUT2D eigenvalue weighted by atomic mass is 14.8. The predicted molar refractivity (Wildman–Crippen MR) is 85.0 cm³/mol.